The van der Waals surface area contributed by atoms with Crippen LogP contribution in [-0.4, -0.2) is 48.5 Å². The van der Waals surface area contributed by atoms with Crippen LogP contribution in [0.3, 0.4) is 0 Å². The van der Waals surface area contributed by atoms with Gasteiger partial charge in [0, 0.05) is 40.8 Å². The zero-order chi connectivity index (χ0) is 32.0. The lowest BCUT2D eigenvalue weighted by Crippen LogP contribution is -2.36. The highest BCUT2D eigenvalue weighted by Crippen LogP contribution is 2.40. The van der Waals surface area contributed by atoms with Crippen LogP contribution in [0.4, 0.5) is 22.7 Å². The molecule has 0 bridgehead atoms. The lowest BCUT2D eigenvalue weighted by atomic mass is 10.1. The van der Waals surface area contributed by atoms with E-state index < -0.39 is 11.8 Å². The van der Waals surface area contributed by atoms with Gasteiger partial charge < -0.3 is 31.9 Å². The maximum absolute atomic E-state index is 13.3. The predicted octanol–water partition coefficient (Wildman–Crippen LogP) is 5.31. The minimum absolute atomic E-state index is 0.0578. The minimum atomic E-state index is -0.466. The second-order valence-electron chi connectivity index (χ2n) is 8.37. The highest BCUT2D eigenvalue weighted by Gasteiger charge is 2.27. The molecule has 0 heterocycles. The first-order valence-electron chi connectivity index (χ1n) is 11.6. The van der Waals surface area contributed by atoms with Crippen molar-refractivity contribution in [1.29, 1.82) is 0 Å². The number of rotatable bonds is 9. The van der Waals surface area contributed by atoms with E-state index in [1.165, 1.54) is 27.7 Å². The molecule has 0 spiro atoms. The third kappa shape index (κ3) is 9.57. The Kier molecular flexibility index (Phi) is 15.1. The lowest BCUT2D eigenvalue weighted by molar-refractivity contribution is -0.115. The van der Waals surface area contributed by atoms with Crippen molar-refractivity contribution >= 4 is 194 Å². The largest absolute Gasteiger partial charge is 0.350 e. The first-order valence-corrected chi connectivity index (χ1v) is 18.0. The molecule has 2 aromatic rings. The molecular weight excluding hydrogens is 1230 g/mol. The number of hydrogen-bond acceptors (Lipinski definition) is 6. The van der Waals surface area contributed by atoms with Gasteiger partial charge in [-0.15, -0.1) is 0 Å². The molecule has 0 radical (unpaired) electrons. The Morgan fingerprint density at radius 1 is 0.429 bits per heavy atom. The van der Waals surface area contributed by atoms with E-state index in [2.05, 4.69) is 31.9 Å². The summed E-state index contributed by atoms with van der Waals surface area (Å²) in [6.45, 7) is 5.50. The summed E-state index contributed by atoms with van der Waals surface area (Å²) < 4.78 is 3.12. The molecule has 6 N–H and O–H groups in total. The fourth-order valence-corrected chi connectivity index (χ4v) is 11.8. The Morgan fingerprint density at radius 3 is 0.833 bits per heavy atom. The molecule has 0 unspecified atom stereocenters. The van der Waals surface area contributed by atoms with E-state index in [1.54, 1.807) is 0 Å². The van der Waals surface area contributed by atoms with Gasteiger partial charge in [0.1, 0.15) is 0 Å². The SMILES string of the molecule is CC(=O)Nc1c(I)c(NC(C)=O)c(I)c(C(=O)NCCNC(=O)c2c(I)c(NC(C)=O)c(I)c(NC(C)=O)c2I)c1I. The van der Waals surface area contributed by atoms with Crippen molar-refractivity contribution in [2.24, 2.45) is 0 Å². The molecule has 0 aliphatic heterocycles. The molecular formula is C24H22I6N6O6. The first-order chi connectivity index (χ1) is 19.5. The maximum Gasteiger partial charge on any atom is 0.253 e. The summed E-state index contributed by atoms with van der Waals surface area (Å²) in [4.78, 5) is 73.9. The summed E-state index contributed by atoms with van der Waals surface area (Å²) in [5.41, 5.74) is 2.13. The van der Waals surface area contributed by atoms with E-state index in [-0.39, 0.29) is 47.8 Å². The smallest absolute Gasteiger partial charge is 0.253 e. The molecule has 2 aromatic carbocycles. The number of carbonyl (C=O) groups excluding carboxylic acids is 6. The molecule has 18 heteroatoms. The van der Waals surface area contributed by atoms with Crippen molar-refractivity contribution in [2.45, 2.75) is 27.7 Å². The van der Waals surface area contributed by atoms with Crippen LogP contribution >= 0.6 is 136 Å². The molecule has 2 rings (SSSR count). The van der Waals surface area contributed by atoms with Crippen LogP contribution in [0.2, 0.25) is 0 Å². The highest BCUT2D eigenvalue weighted by molar-refractivity contribution is 14.1. The van der Waals surface area contributed by atoms with E-state index in [1.807, 2.05) is 136 Å². The molecule has 6 amide bonds. The van der Waals surface area contributed by atoms with Crippen molar-refractivity contribution in [2.75, 3.05) is 34.4 Å². The molecule has 42 heavy (non-hydrogen) atoms. The van der Waals surface area contributed by atoms with Gasteiger partial charge in [-0.2, -0.15) is 0 Å². The Labute approximate surface area is 323 Å². The molecule has 0 atom stereocenters. The van der Waals surface area contributed by atoms with Crippen molar-refractivity contribution in [3.05, 3.63) is 32.5 Å². The van der Waals surface area contributed by atoms with E-state index in [0.717, 1.165) is 0 Å². The summed E-state index contributed by atoms with van der Waals surface area (Å²) >= 11 is 11.9. The van der Waals surface area contributed by atoms with E-state index in [9.17, 15) is 28.8 Å². The van der Waals surface area contributed by atoms with Gasteiger partial charge in [-0.3, -0.25) is 28.8 Å². The second kappa shape index (κ2) is 16.8. The summed E-state index contributed by atoms with van der Waals surface area (Å²) in [6, 6.07) is 0. The third-order valence-corrected chi connectivity index (χ3v) is 11.5. The quantitative estimate of drug-likeness (QED) is 0.147. The average molecular weight is 1250 g/mol. The molecule has 0 aromatic heterocycles. The normalized spacial score (nSPS) is 10.4. The van der Waals surface area contributed by atoms with Crippen LogP contribution in [0.1, 0.15) is 48.4 Å². The molecule has 0 saturated carbocycles. The van der Waals surface area contributed by atoms with Crippen molar-refractivity contribution in [3.8, 4) is 0 Å². The number of nitrogens with one attached hydrogen (secondary N) is 6. The zero-order valence-corrected chi connectivity index (χ0v) is 35.1. The second-order valence-corrected chi connectivity index (χ2v) is 14.8. The average Bonchev–Trinajstić information content (AvgIpc) is 2.87. The summed E-state index contributed by atoms with van der Waals surface area (Å²) in [6.07, 6.45) is 0. The van der Waals surface area contributed by atoms with E-state index in [4.69, 9.17) is 0 Å². The van der Waals surface area contributed by atoms with Gasteiger partial charge in [0.15, 0.2) is 0 Å². The summed E-state index contributed by atoms with van der Waals surface area (Å²) in [7, 11) is 0. The standard InChI is InChI=1S/C24H22I6N6O6/c1-7(37)33-19-13(25)11(14(26)20(17(19)29)34-8(2)38)23(41)31-5-6-32-24(42)12-15(27)21(35-9(3)39)18(30)22(16(12)28)36-10(4)40/h5-6H2,1-4H3,(H,31,41)(H,32,42)(H,33,37)(H,34,38)(H,35,39)(H,36,40). The first kappa shape index (κ1) is 37.8. The molecule has 226 valence electrons. The van der Waals surface area contributed by atoms with Crippen LogP contribution in [0.25, 0.3) is 0 Å². The van der Waals surface area contributed by atoms with Crippen molar-refractivity contribution < 1.29 is 28.8 Å². The number of amides is 6. The minimum Gasteiger partial charge on any atom is -0.350 e. The van der Waals surface area contributed by atoms with Crippen LogP contribution in [0.15, 0.2) is 0 Å². The number of anilines is 4. The van der Waals surface area contributed by atoms with Crippen molar-refractivity contribution in [3.63, 3.8) is 0 Å². The van der Waals surface area contributed by atoms with Gasteiger partial charge in [-0.25, -0.2) is 0 Å². The van der Waals surface area contributed by atoms with E-state index >= 15 is 0 Å². The Morgan fingerprint density at radius 2 is 0.643 bits per heavy atom. The molecule has 0 saturated heterocycles. The number of carbonyl (C=O) groups is 6. The van der Waals surface area contributed by atoms with Gasteiger partial charge in [-0.05, 0) is 136 Å². The molecule has 12 nitrogen and oxygen atoms in total. The van der Waals surface area contributed by atoms with E-state index in [0.29, 0.717) is 44.2 Å². The topological polar surface area (TPSA) is 175 Å². The maximum atomic E-state index is 13.3. The Hall–Kier alpha value is -0.360. The van der Waals surface area contributed by atoms with Gasteiger partial charge in [0.2, 0.25) is 23.6 Å². The third-order valence-electron chi connectivity index (χ3n) is 4.99. The van der Waals surface area contributed by atoms with Crippen LogP contribution in [0, 0.1) is 21.4 Å². The predicted molar refractivity (Wildman–Crippen MR) is 211 cm³/mol. The number of hydrogen-bond donors (Lipinski definition) is 6. The lowest BCUT2D eigenvalue weighted by Gasteiger charge is -2.20. The van der Waals surface area contributed by atoms with Crippen LogP contribution in [0.5, 0.6) is 0 Å². The number of benzene rings is 2. The van der Waals surface area contributed by atoms with Gasteiger partial charge >= 0.3 is 0 Å². The highest BCUT2D eigenvalue weighted by atomic mass is 127. The fourth-order valence-electron chi connectivity index (χ4n) is 3.40. The molecule has 0 aliphatic carbocycles. The monoisotopic (exact) mass is 1250 g/mol. The number of halogens is 6. The van der Waals surface area contributed by atoms with Crippen molar-refractivity contribution in [1.82, 2.24) is 10.6 Å². The molecule has 0 aliphatic rings. The summed E-state index contributed by atoms with van der Waals surface area (Å²) in [5.74, 6) is -2.27. The van der Waals surface area contributed by atoms with Gasteiger partial charge in [0.05, 0.1) is 55.3 Å². The Bertz CT molecular complexity index is 1320. The summed E-state index contributed by atoms with van der Waals surface area (Å²) in [5, 5.41) is 16.4. The van der Waals surface area contributed by atoms with Crippen LogP contribution in [-0.2, 0) is 19.2 Å². The zero-order valence-electron chi connectivity index (χ0n) is 22.1. The van der Waals surface area contributed by atoms with Gasteiger partial charge in [0.25, 0.3) is 11.8 Å². The van der Waals surface area contributed by atoms with Gasteiger partial charge in [-0.1, -0.05) is 0 Å². The fraction of sp³-hybridized carbons (Fsp3) is 0.250. The Balaban J connectivity index is 2.32. The molecule has 0 fully saturated rings. The van der Waals surface area contributed by atoms with Crippen LogP contribution < -0.4 is 31.9 Å².